The number of hydrogen-bond donors (Lipinski definition) is 1. The molecule has 3 heteroatoms. The molecule has 0 aliphatic heterocycles. The third kappa shape index (κ3) is 7.85. The Bertz CT molecular complexity index is 159. The van der Waals surface area contributed by atoms with Crippen LogP contribution in [-0.4, -0.2) is 16.0 Å². The Kier molecular flexibility index (Phi) is 6.62. The Morgan fingerprint density at radius 2 is 2.00 bits per heavy atom. The molecule has 0 rings (SSSR count). The van der Waals surface area contributed by atoms with Crippen LogP contribution in [0.2, 0.25) is 0 Å². The highest BCUT2D eigenvalue weighted by Gasteiger charge is 1.89. The smallest absolute Gasteiger partial charge is 0.0535 e. The quantitative estimate of drug-likeness (QED) is 0.506. The fraction of sp³-hybridized carbons (Fsp3) is 1.00. The Labute approximate surface area is 71.6 Å². The highest BCUT2D eigenvalue weighted by Crippen LogP contribution is 1.95. The second kappa shape index (κ2) is 6.65. The number of nitrogens with zero attached hydrogens (tertiary/aromatic N) is 1. The summed E-state index contributed by atoms with van der Waals surface area (Å²) in [7, 11) is -1.26. The molecule has 0 fully saturated rings. The summed E-state index contributed by atoms with van der Waals surface area (Å²) in [4.78, 5) is 0. The minimum atomic E-state index is -1.26. The zero-order chi connectivity index (χ0) is 8.69. The molecule has 0 aliphatic carbocycles. The van der Waals surface area contributed by atoms with E-state index in [1.165, 1.54) is 12.8 Å². The van der Waals surface area contributed by atoms with Crippen molar-refractivity contribution in [1.29, 1.82) is 0 Å². The largest absolute Gasteiger partial charge is 0.253 e. The topological polar surface area (TPSA) is 29.4 Å². The zero-order valence-electron chi connectivity index (χ0n) is 7.71. The summed E-state index contributed by atoms with van der Waals surface area (Å²) >= 11 is 0. The van der Waals surface area contributed by atoms with E-state index < -0.39 is 10.6 Å². The number of thiol groups is 1. The molecule has 0 radical (unpaired) electrons. The van der Waals surface area contributed by atoms with Crippen molar-refractivity contribution in [3.8, 4) is 0 Å². The van der Waals surface area contributed by atoms with E-state index in [9.17, 15) is 4.21 Å². The van der Waals surface area contributed by atoms with Crippen molar-refractivity contribution in [2.24, 2.45) is 4.36 Å². The molecule has 2 nitrogen and oxygen atoms in total. The summed E-state index contributed by atoms with van der Waals surface area (Å²) in [5, 5.41) is 0. The Morgan fingerprint density at radius 3 is 2.45 bits per heavy atom. The molecular formula is C8H19NOS. The molecule has 0 spiro atoms. The van der Waals surface area contributed by atoms with Crippen LogP contribution in [0, 0.1) is 0 Å². The lowest BCUT2D eigenvalue weighted by molar-refractivity contribution is 0.676. The van der Waals surface area contributed by atoms with Crippen molar-refractivity contribution in [2.75, 3.05) is 5.75 Å². The zero-order valence-corrected chi connectivity index (χ0v) is 8.60. The molecule has 0 aromatic carbocycles. The molecule has 0 aromatic heterocycles. The van der Waals surface area contributed by atoms with Gasteiger partial charge >= 0.3 is 0 Å². The van der Waals surface area contributed by atoms with E-state index in [1.54, 1.807) is 0 Å². The molecule has 0 saturated heterocycles. The van der Waals surface area contributed by atoms with E-state index in [2.05, 4.69) is 11.3 Å². The van der Waals surface area contributed by atoms with Crippen molar-refractivity contribution >= 4 is 10.6 Å². The predicted molar refractivity (Wildman–Crippen MR) is 51.5 cm³/mol. The van der Waals surface area contributed by atoms with Crippen molar-refractivity contribution in [3.63, 3.8) is 0 Å². The second-order valence-corrected chi connectivity index (χ2v) is 4.37. The van der Waals surface area contributed by atoms with Crippen molar-refractivity contribution in [3.05, 3.63) is 0 Å². The summed E-state index contributed by atoms with van der Waals surface area (Å²) in [6, 6.07) is 0.222. The van der Waals surface area contributed by atoms with E-state index in [-0.39, 0.29) is 6.04 Å². The molecule has 0 saturated carbocycles. The molecule has 1 unspecified atom stereocenters. The van der Waals surface area contributed by atoms with Crippen molar-refractivity contribution < 1.29 is 4.21 Å². The van der Waals surface area contributed by atoms with Gasteiger partial charge in [-0.25, -0.2) is 4.36 Å². The lowest BCUT2D eigenvalue weighted by Gasteiger charge is -1.95. The standard InChI is InChI=1S/C8H19NOS/c1-4-5-6-7-11(10)9-8(2)3/h8,11H,4-7H2,1-3H3. The van der Waals surface area contributed by atoms with Crippen LogP contribution in [0.25, 0.3) is 0 Å². The Hall–Kier alpha value is -0.0500. The highest BCUT2D eigenvalue weighted by atomic mass is 32.2. The monoisotopic (exact) mass is 177 g/mol. The fourth-order valence-corrected chi connectivity index (χ4v) is 1.94. The first-order valence-electron chi connectivity index (χ1n) is 4.32. The van der Waals surface area contributed by atoms with Gasteiger partial charge in [-0.05, 0) is 20.3 Å². The average molecular weight is 177 g/mol. The van der Waals surface area contributed by atoms with Crippen LogP contribution >= 0.6 is 0 Å². The van der Waals surface area contributed by atoms with Gasteiger partial charge in [-0.15, -0.1) is 0 Å². The van der Waals surface area contributed by atoms with Crippen LogP contribution in [0.15, 0.2) is 4.36 Å². The fourth-order valence-electron chi connectivity index (χ4n) is 0.812. The molecule has 68 valence electrons. The lowest BCUT2D eigenvalue weighted by atomic mass is 10.3. The van der Waals surface area contributed by atoms with Crippen LogP contribution in [0.1, 0.15) is 40.0 Å². The normalized spacial score (nSPS) is 14.2. The van der Waals surface area contributed by atoms with Gasteiger partial charge in [-0.2, -0.15) is 0 Å². The van der Waals surface area contributed by atoms with Gasteiger partial charge in [0.15, 0.2) is 0 Å². The van der Waals surface area contributed by atoms with Gasteiger partial charge in [0, 0.05) is 16.3 Å². The number of hydrogen-bond acceptors (Lipinski definition) is 2. The molecule has 11 heavy (non-hydrogen) atoms. The van der Waals surface area contributed by atoms with Crippen LogP contribution in [0.4, 0.5) is 0 Å². The highest BCUT2D eigenvalue weighted by molar-refractivity contribution is 7.74. The Balaban J connectivity index is 3.52. The van der Waals surface area contributed by atoms with E-state index in [0.717, 1.165) is 12.2 Å². The second-order valence-electron chi connectivity index (χ2n) is 2.99. The first-order chi connectivity index (χ1) is 5.16. The minimum absolute atomic E-state index is 0.222. The van der Waals surface area contributed by atoms with Gasteiger partial charge < -0.3 is 0 Å². The Morgan fingerprint density at radius 1 is 1.36 bits per heavy atom. The predicted octanol–water partition coefficient (Wildman–Crippen LogP) is 2.25. The van der Waals surface area contributed by atoms with Crippen LogP contribution in [0.3, 0.4) is 0 Å². The van der Waals surface area contributed by atoms with E-state index in [4.69, 9.17) is 0 Å². The first kappa shape index (κ1) is 11.0. The maximum absolute atomic E-state index is 11.1. The molecular weight excluding hydrogens is 158 g/mol. The summed E-state index contributed by atoms with van der Waals surface area (Å²) < 4.78 is 15.2. The lowest BCUT2D eigenvalue weighted by Crippen LogP contribution is -1.93. The molecule has 0 amide bonds. The third-order valence-electron chi connectivity index (χ3n) is 1.31. The van der Waals surface area contributed by atoms with Crippen LogP contribution in [0.5, 0.6) is 0 Å². The van der Waals surface area contributed by atoms with Gasteiger partial charge in [-0.3, -0.25) is 4.21 Å². The molecule has 0 aliphatic rings. The molecule has 0 bridgehead atoms. The van der Waals surface area contributed by atoms with E-state index in [0.29, 0.717) is 0 Å². The summed E-state index contributed by atoms with van der Waals surface area (Å²) in [6.45, 7) is 6.08. The summed E-state index contributed by atoms with van der Waals surface area (Å²) in [6.07, 6.45) is 3.42. The summed E-state index contributed by atoms with van der Waals surface area (Å²) in [5.74, 6) is 0.779. The SMILES string of the molecule is CCCCC/[SH](=O)=N/C(C)C. The van der Waals surface area contributed by atoms with Gasteiger partial charge in [0.25, 0.3) is 0 Å². The molecule has 0 aromatic rings. The average Bonchev–Trinajstić information content (AvgIpc) is 1.86. The first-order valence-corrected chi connectivity index (χ1v) is 5.72. The van der Waals surface area contributed by atoms with Crippen molar-refractivity contribution in [1.82, 2.24) is 0 Å². The molecule has 1 atom stereocenters. The maximum Gasteiger partial charge on any atom is 0.0535 e. The minimum Gasteiger partial charge on any atom is -0.253 e. The molecule has 0 N–H and O–H groups in total. The van der Waals surface area contributed by atoms with Crippen molar-refractivity contribution in [2.45, 2.75) is 46.1 Å². The number of unbranched alkanes of at least 4 members (excludes halogenated alkanes) is 2. The molecule has 0 heterocycles. The van der Waals surface area contributed by atoms with Gasteiger partial charge in [0.2, 0.25) is 0 Å². The van der Waals surface area contributed by atoms with Gasteiger partial charge in [0.05, 0.1) is 6.04 Å². The maximum atomic E-state index is 11.1. The van der Waals surface area contributed by atoms with Gasteiger partial charge in [-0.1, -0.05) is 19.8 Å². The summed E-state index contributed by atoms with van der Waals surface area (Å²) in [5.41, 5.74) is 0. The van der Waals surface area contributed by atoms with E-state index >= 15 is 0 Å². The van der Waals surface area contributed by atoms with Crippen LogP contribution < -0.4 is 0 Å². The third-order valence-corrected chi connectivity index (χ3v) is 2.73. The van der Waals surface area contributed by atoms with Gasteiger partial charge in [0.1, 0.15) is 0 Å². The number of rotatable bonds is 5. The van der Waals surface area contributed by atoms with Crippen LogP contribution in [-0.2, 0) is 10.6 Å². The van der Waals surface area contributed by atoms with E-state index in [1.807, 2.05) is 13.8 Å².